The van der Waals surface area contributed by atoms with E-state index in [1.807, 2.05) is 6.07 Å². The average Bonchev–Trinajstić information content (AvgIpc) is 3.38. The van der Waals surface area contributed by atoms with Gasteiger partial charge < -0.3 is 14.5 Å². The molecule has 25 heavy (non-hydrogen) atoms. The minimum absolute atomic E-state index is 0.154. The summed E-state index contributed by atoms with van der Waals surface area (Å²) in [6, 6.07) is 7.11. The molecule has 2 fully saturated rings. The molecule has 0 unspecified atom stereocenters. The second-order valence-electron chi connectivity index (χ2n) is 6.74. The summed E-state index contributed by atoms with van der Waals surface area (Å²) >= 11 is 0. The number of amides is 1. The first-order valence-corrected chi connectivity index (χ1v) is 8.58. The van der Waals surface area contributed by atoms with Crippen LogP contribution >= 0.6 is 0 Å². The molecule has 0 radical (unpaired) electrons. The number of carboxylic acid groups (broad SMARTS) is 1. The Hall–Kier alpha value is -2.70. The van der Waals surface area contributed by atoms with Crippen LogP contribution in [0, 0.1) is 5.92 Å². The molecule has 1 amide bonds. The van der Waals surface area contributed by atoms with Crippen molar-refractivity contribution in [1.82, 2.24) is 15.0 Å². The number of aliphatic carboxylic acids is 1. The van der Waals surface area contributed by atoms with Crippen molar-refractivity contribution in [3.8, 4) is 11.4 Å². The van der Waals surface area contributed by atoms with Crippen LogP contribution in [0.1, 0.15) is 47.8 Å². The van der Waals surface area contributed by atoms with E-state index >= 15 is 0 Å². The largest absolute Gasteiger partial charge is 0.481 e. The molecule has 2 aromatic rings. The molecule has 7 nitrogen and oxygen atoms in total. The number of carbonyl (C=O) groups is 2. The highest BCUT2D eigenvalue weighted by Crippen LogP contribution is 2.39. The summed E-state index contributed by atoms with van der Waals surface area (Å²) in [6.45, 7) is 0.841. The van der Waals surface area contributed by atoms with Crippen molar-refractivity contribution in [3.05, 3.63) is 35.7 Å². The molecule has 1 aromatic carbocycles. The van der Waals surface area contributed by atoms with Gasteiger partial charge in [-0.15, -0.1) is 0 Å². The molecule has 1 atom stereocenters. The molecule has 2 heterocycles. The summed E-state index contributed by atoms with van der Waals surface area (Å²) in [6.07, 6.45) is 3.49. The summed E-state index contributed by atoms with van der Waals surface area (Å²) in [4.78, 5) is 30.0. The lowest BCUT2D eigenvalue weighted by atomic mass is 9.97. The van der Waals surface area contributed by atoms with Gasteiger partial charge in [-0.3, -0.25) is 9.59 Å². The first kappa shape index (κ1) is 15.8. The smallest absolute Gasteiger partial charge is 0.308 e. The third-order valence-corrected chi connectivity index (χ3v) is 4.79. The fraction of sp³-hybridized carbons (Fsp3) is 0.444. The standard InChI is InChI=1S/C18H19N3O4/c22-17(21-8-2-5-14(10-21)18(23)24)13-4-1-3-12(9-13)15-19-16(25-20-15)11-6-7-11/h1,3-4,9,11,14H,2,5-8,10H2,(H,23,24)/t14-/m1/s1. The van der Waals surface area contributed by atoms with E-state index in [0.29, 0.717) is 42.6 Å². The van der Waals surface area contributed by atoms with Crippen molar-refractivity contribution in [1.29, 1.82) is 0 Å². The number of likely N-dealkylation sites (tertiary alicyclic amines) is 1. The summed E-state index contributed by atoms with van der Waals surface area (Å²) in [5, 5.41) is 13.2. The van der Waals surface area contributed by atoms with Gasteiger partial charge in [0.25, 0.3) is 5.91 Å². The molecular weight excluding hydrogens is 322 g/mol. The average molecular weight is 341 g/mol. The highest BCUT2D eigenvalue weighted by atomic mass is 16.5. The van der Waals surface area contributed by atoms with Crippen LogP contribution in [0.15, 0.2) is 28.8 Å². The van der Waals surface area contributed by atoms with Crippen molar-refractivity contribution in [2.75, 3.05) is 13.1 Å². The summed E-state index contributed by atoms with van der Waals surface area (Å²) < 4.78 is 5.28. The van der Waals surface area contributed by atoms with Crippen LogP contribution in [0.25, 0.3) is 11.4 Å². The predicted molar refractivity (Wildman–Crippen MR) is 88.0 cm³/mol. The van der Waals surface area contributed by atoms with Gasteiger partial charge in [0.2, 0.25) is 11.7 Å². The fourth-order valence-corrected chi connectivity index (χ4v) is 3.19. The van der Waals surface area contributed by atoms with Gasteiger partial charge in [0.15, 0.2) is 0 Å². The summed E-state index contributed by atoms with van der Waals surface area (Å²) in [7, 11) is 0. The molecule has 130 valence electrons. The second kappa shape index (κ2) is 6.31. The Morgan fingerprint density at radius 1 is 1.24 bits per heavy atom. The number of hydrogen-bond acceptors (Lipinski definition) is 5. The number of piperidine rings is 1. The number of carboxylic acids is 1. The van der Waals surface area contributed by atoms with Gasteiger partial charge in [-0.1, -0.05) is 17.3 Å². The molecule has 1 aliphatic carbocycles. The molecule has 1 aromatic heterocycles. The zero-order valence-corrected chi connectivity index (χ0v) is 13.7. The summed E-state index contributed by atoms with van der Waals surface area (Å²) in [5.74, 6) is 0.0431. The highest BCUT2D eigenvalue weighted by Gasteiger charge is 2.30. The third kappa shape index (κ3) is 3.26. The molecule has 1 saturated carbocycles. The zero-order valence-electron chi connectivity index (χ0n) is 13.7. The second-order valence-corrected chi connectivity index (χ2v) is 6.74. The van der Waals surface area contributed by atoms with Gasteiger partial charge in [-0.05, 0) is 37.8 Å². The normalized spacial score (nSPS) is 20.5. The number of aromatic nitrogens is 2. The van der Waals surface area contributed by atoms with E-state index in [4.69, 9.17) is 4.52 Å². The lowest BCUT2D eigenvalue weighted by molar-refractivity contribution is -0.143. The first-order valence-electron chi connectivity index (χ1n) is 8.58. The van der Waals surface area contributed by atoms with Crippen LogP contribution in [0.3, 0.4) is 0 Å². The minimum atomic E-state index is -0.842. The molecule has 0 bridgehead atoms. The van der Waals surface area contributed by atoms with Gasteiger partial charge in [0, 0.05) is 30.1 Å². The van der Waals surface area contributed by atoms with E-state index in [-0.39, 0.29) is 12.5 Å². The van der Waals surface area contributed by atoms with Crippen molar-refractivity contribution in [2.45, 2.75) is 31.6 Å². The Kier molecular flexibility index (Phi) is 3.99. The first-order chi connectivity index (χ1) is 12.1. The van der Waals surface area contributed by atoms with E-state index in [2.05, 4.69) is 10.1 Å². The fourth-order valence-electron chi connectivity index (χ4n) is 3.19. The Bertz CT molecular complexity index is 812. The highest BCUT2D eigenvalue weighted by molar-refractivity contribution is 5.95. The van der Waals surface area contributed by atoms with Crippen molar-refractivity contribution >= 4 is 11.9 Å². The SMILES string of the molecule is O=C(O)[C@@H]1CCCN(C(=O)c2cccc(-c3noc(C4CC4)n3)c2)C1. The van der Waals surface area contributed by atoms with E-state index in [1.54, 1.807) is 23.1 Å². The minimum Gasteiger partial charge on any atom is -0.481 e. The maximum absolute atomic E-state index is 12.7. The molecule has 4 rings (SSSR count). The Labute approximate surface area is 144 Å². The van der Waals surface area contributed by atoms with E-state index < -0.39 is 11.9 Å². The van der Waals surface area contributed by atoms with Crippen LogP contribution in [0.5, 0.6) is 0 Å². The number of benzene rings is 1. The van der Waals surface area contributed by atoms with Gasteiger partial charge in [0.05, 0.1) is 5.92 Å². The van der Waals surface area contributed by atoms with Gasteiger partial charge in [-0.2, -0.15) is 4.98 Å². The lowest BCUT2D eigenvalue weighted by Crippen LogP contribution is -2.42. The maximum atomic E-state index is 12.7. The quantitative estimate of drug-likeness (QED) is 0.918. The van der Waals surface area contributed by atoms with Crippen LogP contribution in [-0.4, -0.2) is 45.1 Å². The Morgan fingerprint density at radius 3 is 2.84 bits per heavy atom. The van der Waals surface area contributed by atoms with Gasteiger partial charge in [-0.25, -0.2) is 0 Å². The molecule has 2 aliphatic rings. The monoisotopic (exact) mass is 341 g/mol. The van der Waals surface area contributed by atoms with E-state index in [0.717, 1.165) is 18.4 Å². The summed E-state index contributed by atoms with van der Waals surface area (Å²) in [5.41, 5.74) is 1.25. The topological polar surface area (TPSA) is 96.5 Å². The molecule has 7 heteroatoms. The Balaban J connectivity index is 1.53. The number of hydrogen-bond donors (Lipinski definition) is 1. The van der Waals surface area contributed by atoms with Crippen LogP contribution in [-0.2, 0) is 4.79 Å². The Morgan fingerprint density at radius 2 is 2.08 bits per heavy atom. The molecular formula is C18H19N3O4. The third-order valence-electron chi connectivity index (χ3n) is 4.79. The van der Waals surface area contributed by atoms with Gasteiger partial charge in [0.1, 0.15) is 0 Å². The van der Waals surface area contributed by atoms with Crippen LogP contribution < -0.4 is 0 Å². The van der Waals surface area contributed by atoms with E-state index in [1.165, 1.54) is 0 Å². The van der Waals surface area contributed by atoms with Crippen molar-refractivity contribution in [2.24, 2.45) is 5.92 Å². The van der Waals surface area contributed by atoms with Crippen molar-refractivity contribution in [3.63, 3.8) is 0 Å². The van der Waals surface area contributed by atoms with Crippen LogP contribution in [0.4, 0.5) is 0 Å². The van der Waals surface area contributed by atoms with Crippen LogP contribution in [0.2, 0.25) is 0 Å². The van der Waals surface area contributed by atoms with Gasteiger partial charge >= 0.3 is 5.97 Å². The molecule has 1 saturated heterocycles. The maximum Gasteiger partial charge on any atom is 0.308 e. The number of carbonyl (C=O) groups excluding carboxylic acids is 1. The number of nitrogens with zero attached hydrogens (tertiary/aromatic N) is 3. The van der Waals surface area contributed by atoms with Crippen molar-refractivity contribution < 1.29 is 19.2 Å². The lowest BCUT2D eigenvalue weighted by Gasteiger charge is -2.30. The molecule has 0 spiro atoms. The van der Waals surface area contributed by atoms with E-state index in [9.17, 15) is 14.7 Å². The molecule has 1 N–H and O–H groups in total. The zero-order chi connectivity index (χ0) is 17.4. The predicted octanol–water partition coefficient (Wildman–Crippen LogP) is 2.55. The molecule has 1 aliphatic heterocycles. The number of rotatable bonds is 4.